The van der Waals surface area contributed by atoms with Crippen LogP contribution in [0.2, 0.25) is 0 Å². The van der Waals surface area contributed by atoms with Crippen molar-refractivity contribution < 1.29 is 35.6 Å². The first-order chi connectivity index (χ1) is 15.5. The molecule has 2 aromatic rings. The van der Waals surface area contributed by atoms with Crippen LogP contribution in [0.5, 0.6) is 0 Å². The maximum atomic E-state index is 13.8. The van der Waals surface area contributed by atoms with Crippen molar-refractivity contribution in [3.63, 3.8) is 0 Å². The largest absolute Gasteiger partial charge is 0.405 e. The maximum absolute atomic E-state index is 13.8. The first-order valence-electron chi connectivity index (χ1n) is 9.97. The molecule has 12 heteroatoms. The van der Waals surface area contributed by atoms with Crippen LogP contribution in [0.1, 0.15) is 33.6 Å². The molecule has 2 amide bonds. The first-order valence-corrected chi connectivity index (χ1v) is 11.5. The first kappa shape index (κ1) is 24.6. The number of amides is 2. The second-order valence-corrected chi connectivity index (χ2v) is 9.20. The Balaban J connectivity index is 1.56. The van der Waals surface area contributed by atoms with E-state index in [1.54, 1.807) is 11.4 Å². The summed E-state index contributed by atoms with van der Waals surface area (Å²) in [6.45, 7) is -1.02. The highest BCUT2D eigenvalue weighted by Gasteiger charge is 2.29. The van der Waals surface area contributed by atoms with Crippen molar-refractivity contribution in [1.29, 1.82) is 0 Å². The van der Waals surface area contributed by atoms with Crippen LogP contribution in [0.25, 0.3) is 0 Å². The normalized spacial score (nSPS) is 15.3. The number of rotatable bonds is 6. The standard InChI is InChI=1S/C21H21F4N3O4S/c22-18-4-2-1-3-17(18)20(30)28-11-9-15(10-12-28)27-33(31,32)16-7-5-14(6-8-16)19(29)26-13-21(23,24)25/h1-8,15,27H,9-13H2,(H,26,29). The highest BCUT2D eigenvalue weighted by Crippen LogP contribution is 2.19. The Hall–Kier alpha value is -2.99. The Morgan fingerprint density at radius 2 is 1.61 bits per heavy atom. The van der Waals surface area contributed by atoms with Gasteiger partial charge in [-0.15, -0.1) is 0 Å². The van der Waals surface area contributed by atoms with Gasteiger partial charge in [-0.25, -0.2) is 17.5 Å². The van der Waals surface area contributed by atoms with Crippen molar-refractivity contribution in [1.82, 2.24) is 14.9 Å². The Kier molecular flexibility index (Phi) is 7.38. The average molecular weight is 487 g/mol. The van der Waals surface area contributed by atoms with Crippen LogP contribution in [0.3, 0.4) is 0 Å². The van der Waals surface area contributed by atoms with Crippen LogP contribution in [0, 0.1) is 5.82 Å². The topological polar surface area (TPSA) is 95.6 Å². The fourth-order valence-electron chi connectivity index (χ4n) is 3.36. The summed E-state index contributed by atoms with van der Waals surface area (Å²) in [7, 11) is -3.96. The number of likely N-dealkylation sites (tertiary alicyclic amines) is 1. The lowest BCUT2D eigenvalue weighted by atomic mass is 10.0. The van der Waals surface area contributed by atoms with Gasteiger partial charge in [0.25, 0.3) is 11.8 Å². The molecule has 1 aliphatic rings. The minimum Gasteiger partial charge on any atom is -0.343 e. The molecule has 0 saturated carbocycles. The van der Waals surface area contributed by atoms with Crippen LogP contribution in [0.4, 0.5) is 17.6 Å². The molecule has 1 aliphatic heterocycles. The van der Waals surface area contributed by atoms with E-state index in [1.807, 2.05) is 0 Å². The van der Waals surface area contributed by atoms with Gasteiger partial charge in [0.1, 0.15) is 12.4 Å². The molecule has 0 atom stereocenters. The van der Waals surface area contributed by atoms with Gasteiger partial charge in [0.05, 0.1) is 10.5 Å². The van der Waals surface area contributed by atoms with Gasteiger partial charge in [-0.2, -0.15) is 13.2 Å². The quantitative estimate of drug-likeness (QED) is 0.613. The minimum absolute atomic E-state index is 0.0455. The smallest absolute Gasteiger partial charge is 0.343 e. The van der Waals surface area contributed by atoms with Crippen molar-refractivity contribution in [3.05, 3.63) is 65.5 Å². The Morgan fingerprint density at radius 3 is 2.18 bits per heavy atom. The van der Waals surface area contributed by atoms with Gasteiger partial charge in [-0.3, -0.25) is 9.59 Å². The number of carbonyl (C=O) groups is 2. The zero-order chi connectivity index (χ0) is 24.2. The highest BCUT2D eigenvalue weighted by atomic mass is 32.2. The predicted octanol–water partition coefficient (Wildman–Crippen LogP) is 2.70. The number of hydrogen-bond acceptors (Lipinski definition) is 4. The summed E-state index contributed by atoms with van der Waals surface area (Å²) in [5, 5.41) is 1.71. The third-order valence-corrected chi connectivity index (χ3v) is 6.62. The van der Waals surface area contributed by atoms with E-state index in [9.17, 15) is 35.6 Å². The number of nitrogens with one attached hydrogen (secondary N) is 2. The van der Waals surface area contributed by atoms with E-state index >= 15 is 0 Å². The van der Waals surface area contributed by atoms with Crippen molar-refractivity contribution in [2.24, 2.45) is 0 Å². The molecule has 0 aromatic heterocycles. The molecule has 2 N–H and O–H groups in total. The lowest BCUT2D eigenvalue weighted by molar-refractivity contribution is -0.123. The molecule has 178 valence electrons. The van der Waals surface area contributed by atoms with E-state index in [0.717, 1.165) is 24.3 Å². The lowest BCUT2D eigenvalue weighted by Gasteiger charge is -2.32. The zero-order valence-electron chi connectivity index (χ0n) is 17.2. The van der Waals surface area contributed by atoms with Gasteiger partial charge < -0.3 is 10.2 Å². The highest BCUT2D eigenvalue weighted by molar-refractivity contribution is 7.89. The molecule has 2 aromatic carbocycles. The summed E-state index contributed by atoms with van der Waals surface area (Å²) in [5.74, 6) is -2.06. The van der Waals surface area contributed by atoms with E-state index in [-0.39, 0.29) is 29.1 Å². The summed E-state index contributed by atoms with van der Waals surface area (Å²) >= 11 is 0. The van der Waals surface area contributed by atoms with Gasteiger partial charge in [0, 0.05) is 24.7 Å². The Labute approximate surface area is 187 Å². The molecule has 0 unspecified atom stereocenters. The number of piperidine rings is 1. The summed E-state index contributed by atoms with van der Waals surface area (Å²) < 4.78 is 78.2. The predicted molar refractivity (Wildman–Crippen MR) is 110 cm³/mol. The minimum atomic E-state index is -4.56. The average Bonchev–Trinajstić information content (AvgIpc) is 2.77. The third kappa shape index (κ3) is 6.51. The molecule has 0 spiro atoms. The molecule has 0 bridgehead atoms. The van der Waals surface area contributed by atoms with E-state index in [2.05, 4.69) is 4.72 Å². The Morgan fingerprint density at radius 1 is 1.00 bits per heavy atom. The monoisotopic (exact) mass is 487 g/mol. The number of benzene rings is 2. The second-order valence-electron chi connectivity index (χ2n) is 7.49. The molecule has 1 saturated heterocycles. The van der Waals surface area contributed by atoms with E-state index in [4.69, 9.17) is 0 Å². The summed E-state index contributed by atoms with van der Waals surface area (Å²) in [6, 6.07) is 9.65. The third-order valence-electron chi connectivity index (χ3n) is 5.08. The van der Waals surface area contributed by atoms with Gasteiger partial charge >= 0.3 is 6.18 Å². The molecule has 7 nitrogen and oxygen atoms in total. The van der Waals surface area contributed by atoms with Gasteiger partial charge in [0.15, 0.2) is 0 Å². The summed E-state index contributed by atoms with van der Waals surface area (Å²) in [4.78, 5) is 25.5. The molecule has 33 heavy (non-hydrogen) atoms. The van der Waals surface area contributed by atoms with Gasteiger partial charge in [0.2, 0.25) is 10.0 Å². The van der Waals surface area contributed by atoms with Crippen LogP contribution in [0.15, 0.2) is 53.4 Å². The summed E-state index contributed by atoms with van der Waals surface area (Å²) in [6.07, 6.45) is -3.92. The SMILES string of the molecule is O=C(NCC(F)(F)F)c1ccc(S(=O)(=O)NC2CCN(C(=O)c3ccccc3F)CC2)cc1. The van der Waals surface area contributed by atoms with E-state index < -0.39 is 46.4 Å². The molecule has 0 aliphatic carbocycles. The summed E-state index contributed by atoms with van der Waals surface area (Å²) in [5.41, 5.74) is -0.158. The second kappa shape index (κ2) is 9.87. The number of sulfonamides is 1. The molecule has 1 heterocycles. The van der Waals surface area contributed by atoms with Crippen LogP contribution in [-0.4, -0.2) is 57.0 Å². The number of hydrogen-bond donors (Lipinski definition) is 2. The van der Waals surface area contributed by atoms with Crippen molar-refractivity contribution in [3.8, 4) is 0 Å². The lowest BCUT2D eigenvalue weighted by Crippen LogP contribution is -2.46. The van der Waals surface area contributed by atoms with Crippen LogP contribution < -0.4 is 10.0 Å². The fraction of sp³-hybridized carbons (Fsp3) is 0.333. The maximum Gasteiger partial charge on any atom is 0.405 e. The molecular weight excluding hydrogens is 466 g/mol. The molecular formula is C21H21F4N3O4S. The number of carbonyl (C=O) groups excluding carboxylic acids is 2. The van der Waals surface area contributed by atoms with E-state index in [1.165, 1.54) is 23.1 Å². The fourth-order valence-corrected chi connectivity index (χ4v) is 4.67. The number of nitrogens with zero attached hydrogens (tertiary/aromatic N) is 1. The van der Waals surface area contributed by atoms with Crippen molar-refractivity contribution in [2.75, 3.05) is 19.6 Å². The van der Waals surface area contributed by atoms with Crippen LogP contribution in [-0.2, 0) is 10.0 Å². The van der Waals surface area contributed by atoms with Crippen LogP contribution >= 0.6 is 0 Å². The molecule has 0 radical (unpaired) electrons. The molecule has 3 rings (SSSR count). The van der Waals surface area contributed by atoms with Gasteiger partial charge in [-0.05, 0) is 49.2 Å². The zero-order valence-corrected chi connectivity index (χ0v) is 18.0. The molecule has 1 fully saturated rings. The Bertz CT molecular complexity index is 1110. The van der Waals surface area contributed by atoms with Crippen molar-refractivity contribution >= 4 is 21.8 Å². The van der Waals surface area contributed by atoms with Crippen molar-refractivity contribution in [2.45, 2.75) is 30.0 Å². The number of halogens is 4. The number of alkyl halides is 3. The van der Waals surface area contributed by atoms with Gasteiger partial charge in [-0.1, -0.05) is 12.1 Å². The van der Waals surface area contributed by atoms with E-state index in [0.29, 0.717) is 12.8 Å².